The highest BCUT2D eigenvalue weighted by Gasteiger charge is 2.31. The number of anilines is 1. The van der Waals surface area contributed by atoms with Crippen molar-refractivity contribution in [3.05, 3.63) is 24.3 Å². The van der Waals surface area contributed by atoms with E-state index in [1.54, 1.807) is 11.9 Å². The maximum absolute atomic E-state index is 12.3. The third-order valence-electron chi connectivity index (χ3n) is 5.25. The molecule has 1 fully saturated rings. The number of hydrogen-bond acceptors (Lipinski definition) is 4. The Morgan fingerprint density at radius 2 is 1.72 bits per heavy atom. The van der Waals surface area contributed by atoms with Crippen molar-refractivity contribution < 1.29 is 27.5 Å². The van der Waals surface area contributed by atoms with Crippen LogP contribution in [0.1, 0.15) is 33.1 Å². The van der Waals surface area contributed by atoms with Gasteiger partial charge in [0, 0.05) is 11.7 Å². The largest absolute Gasteiger partial charge is 0.573 e. The molecule has 9 heteroatoms. The minimum Gasteiger partial charge on any atom is -0.406 e. The molecule has 0 aliphatic heterocycles. The normalized spacial score (nSPS) is 22.2. The molecule has 1 aromatic rings. The Kier molecular flexibility index (Phi) is 7.89. The van der Waals surface area contributed by atoms with E-state index < -0.39 is 6.36 Å². The van der Waals surface area contributed by atoms with Gasteiger partial charge < -0.3 is 15.4 Å². The molecule has 1 aromatic carbocycles. The number of benzene rings is 1. The van der Waals surface area contributed by atoms with E-state index in [9.17, 15) is 22.8 Å². The lowest BCUT2D eigenvalue weighted by Crippen LogP contribution is -2.47. The van der Waals surface area contributed by atoms with Crippen LogP contribution >= 0.6 is 0 Å². The molecule has 162 valence electrons. The molecule has 1 aliphatic carbocycles. The Morgan fingerprint density at radius 3 is 2.34 bits per heavy atom. The lowest BCUT2D eigenvalue weighted by molar-refractivity contribution is -0.274. The summed E-state index contributed by atoms with van der Waals surface area (Å²) in [5.74, 6) is 0.135. The molecule has 1 aliphatic rings. The first-order valence-corrected chi connectivity index (χ1v) is 9.67. The van der Waals surface area contributed by atoms with Crippen LogP contribution in [0.5, 0.6) is 5.75 Å². The van der Waals surface area contributed by atoms with Crippen LogP contribution in [0.3, 0.4) is 0 Å². The highest BCUT2D eigenvalue weighted by molar-refractivity contribution is 5.92. The fourth-order valence-electron chi connectivity index (χ4n) is 3.52. The first kappa shape index (κ1) is 23.0. The van der Waals surface area contributed by atoms with Gasteiger partial charge in [0.05, 0.1) is 13.1 Å². The molecular weight excluding hydrogens is 387 g/mol. The number of nitrogens with one attached hydrogen (secondary N) is 2. The van der Waals surface area contributed by atoms with Crippen LogP contribution in [0.2, 0.25) is 0 Å². The maximum Gasteiger partial charge on any atom is 0.573 e. The first-order valence-electron chi connectivity index (χ1n) is 9.67. The van der Waals surface area contributed by atoms with Crippen LogP contribution in [-0.4, -0.2) is 49.3 Å². The van der Waals surface area contributed by atoms with E-state index in [1.807, 2.05) is 0 Å². The molecule has 6 nitrogen and oxygen atoms in total. The van der Waals surface area contributed by atoms with Crippen molar-refractivity contribution in [1.82, 2.24) is 10.2 Å². The van der Waals surface area contributed by atoms with Gasteiger partial charge in [-0.15, -0.1) is 13.2 Å². The Balaban J connectivity index is 1.76. The summed E-state index contributed by atoms with van der Waals surface area (Å²) in [6.45, 7) is 4.41. The van der Waals surface area contributed by atoms with Crippen molar-refractivity contribution in [2.24, 2.45) is 11.8 Å². The molecule has 0 radical (unpaired) electrons. The van der Waals surface area contributed by atoms with Crippen LogP contribution in [-0.2, 0) is 9.59 Å². The van der Waals surface area contributed by atoms with Crippen molar-refractivity contribution in [1.29, 1.82) is 0 Å². The number of ether oxygens (including phenoxy) is 1. The van der Waals surface area contributed by atoms with Gasteiger partial charge in [-0.2, -0.15) is 0 Å². The van der Waals surface area contributed by atoms with Gasteiger partial charge in [-0.25, -0.2) is 0 Å². The number of likely N-dealkylation sites (N-methyl/N-ethyl adjacent to an activating group) is 1. The van der Waals surface area contributed by atoms with Crippen molar-refractivity contribution in [3.63, 3.8) is 0 Å². The van der Waals surface area contributed by atoms with Crippen LogP contribution in [0.15, 0.2) is 24.3 Å². The van der Waals surface area contributed by atoms with Crippen LogP contribution in [0, 0.1) is 11.8 Å². The SMILES string of the molecule is C[C@@H]1[C@H](C)CCC[C@H]1NC(=O)CN(C)CC(=O)Nc1ccc(OC(F)(F)F)cc1. The number of rotatable bonds is 7. The minimum absolute atomic E-state index is 0.0230. The summed E-state index contributed by atoms with van der Waals surface area (Å²) in [6.07, 6.45) is -1.52. The molecule has 0 heterocycles. The maximum atomic E-state index is 12.3. The highest BCUT2D eigenvalue weighted by Crippen LogP contribution is 2.29. The number of amides is 2. The standard InChI is InChI=1S/C20H28F3N3O3/c1-13-5-4-6-17(14(13)2)25-19(28)12-26(3)11-18(27)24-15-7-9-16(10-8-15)29-20(21,22)23/h7-10,13-14,17H,4-6,11-12H2,1-3H3,(H,24,27)(H,25,28)/t13-,14-,17-/m1/s1. The van der Waals surface area contributed by atoms with E-state index in [0.717, 1.165) is 25.0 Å². The minimum atomic E-state index is -4.76. The molecule has 29 heavy (non-hydrogen) atoms. The van der Waals surface area contributed by atoms with E-state index in [-0.39, 0.29) is 36.7 Å². The average Bonchev–Trinajstić information content (AvgIpc) is 2.59. The summed E-state index contributed by atoms with van der Waals surface area (Å²) < 4.78 is 40.3. The second-order valence-corrected chi connectivity index (χ2v) is 7.73. The van der Waals surface area contributed by atoms with Gasteiger partial charge in [0.25, 0.3) is 0 Å². The molecule has 2 N–H and O–H groups in total. The summed E-state index contributed by atoms with van der Waals surface area (Å²) in [5.41, 5.74) is 0.340. The molecular formula is C20H28F3N3O3. The highest BCUT2D eigenvalue weighted by atomic mass is 19.4. The van der Waals surface area contributed by atoms with Crippen molar-refractivity contribution in [3.8, 4) is 5.75 Å². The van der Waals surface area contributed by atoms with Crippen LogP contribution < -0.4 is 15.4 Å². The number of halogens is 3. The summed E-state index contributed by atoms with van der Waals surface area (Å²) in [5, 5.41) is 5.64. The smallest absolute Gasteiger partial charge is 0.406 e. The van der Waals surface area contributed by atoms with E-state index in [0.29, 0.717) is 17.5 Å². The Labute approximate surface area is 168 Å². The molecule has 0 bridgehead atoms. The zero-order chi connectivity index (χ0) is 21.6. The summed E-state index contributed by atoms with van der Waals surface area (Å²) in [4.78, 5) is 26.0. The third-order valence-corrected chi connectivity index (χ3v) is 5.25. The van der Waals surface area contributed by atoms with E-state index in [2.05, 4.69) is 29.2 Å². The predicted octanol–water partition coefficient (Wildman–Crippen LogP) is 3.40. The molecule has 0 unspecified atom stereocenters. The number of alkyl halides is 3. The monoisotopic (exact) mass is 415 g/mol. The first-order chi connectivity index (χ1) is 13.5. The number of nitrogens with zero attached hydrogens (tertiary/aromatic N) is 1. The van der Waals surface area contributed by atoms with Gasteiger partial charge >= 0.3 is 6.36 Å². The summed E-state index contributed by atoms with van der Waals surface area (Å²) >= 11 is 0. The zero-order valence-electron chi connectivity index (χ0n) is 16.9. The van der Waals surface area contributed by atoms with Gasteiger partial charge in [0.2, 0.25) is 11.8 Å². The predicted molar refractivity (Wildman–Crippen MR) is 103 cm³/mol. The molecule has 0 aromatic heterocycles. The van der Waals surface area contributed by atoms with E-state index >= 15 is 0 Å². The van der Waals surface area contributed by atoms with Crippen LogP contribution in [0.25, 0.3) is 0 Å². The van der Waals surface area contributed by atoms with Gasteiger partial charge in [-0.05, 0) is 49.6 Å². The van der Waals surface area contributed by atoms with Gasteiger partial charge in [0.1, 0.15) is 5.75 Å². The van der Waals surface area contributed by atoms with Crippen molar-refractivity contribution in [2.45, 2.75) is 45.5 Å². The second kappa shape index (κ2) is 9.96. The van der Waals surface area contributed by atoms with Gasteiger partial charge in [-0.1, -0.05) is 26.7 Å². The van der Waals surface area contributed by atoms with Gasteiger partial charge in [-0.3, -0.25) is 14.5 Å². The fraction of sp³-hybridized carbons (Fsp3) is 0.600. The van der Waals surface area contributed by atoms with Gasteiger partial charge in [0.15, 0.2) is 0 Å². The Morgan fingerprint density at radius 1 is 1.10 bits per heavy atom. The molecule has 3 atom stereocenters. The molecule has 2 rings (SSSR count). The topological polar surface area (TPSA) is 70.7 Å². The number of hydrogen-bond donors (Lipinski definition) is 2. The quantitative estimate of drug-likeness (QED) is 0.716. The Hall–Kier alpha value is -2.29. The fourth-order valence-corrected chi connectivity index (χ4v) is 3.52. The molecule has 0 saturated heterocycles. The Bertz CT molecular complexity index is 694. The lowest BCUT2D eigenvalue weighted by atomic mass is 9.78. The van der Waals surface area contributed by atoms with Crippen LogP contribution in [0.4, 0.5) is 18.9 Å². The summed E-state index contributed by atoms with van der Waals surface area (Å²) in [6, 6.07) is 5.03. The van der Waals surface area contributed by atoms with Crippen molar-refractivity contribution in [2.75, 3.05) is 25.5 Å². The number of carbonyl (C=O) groups excluding carboxylic acids is 2. The molecule has 0 spiro atoms. The van der Waals surface area contributed by atoms with E-state index in [1.165, 1.54) is 18.6 Å². The van der Waals surface area contributed by atoms with E-state index in [4.69, 9.17) is 0 Å². The number of carbonyl (C=O) groups is 2. The summed E-state index contributed by atoms with van der Waals surface area (Å²) in [7, 11) is 1.66. The third kappa shape index (κ3) is 7.92. The average molecular weight is 415 g/mol. The zero-order valence-corrected chi connectivity index (χ0v) is 16.9. The molecule has 2 amide bonds. The molecule has 1 saturated carbocycles. The lowest BCUT2D eigenvalue weighted by Gasteiger charge is -2.34. The second-order valence-electron chi connectivity index (χ2n) is 7.73. The van der Waals surface area contributed by atoms with Crippen molar-refractivity contribution >= 4 is 17.5 Å².